The Morgan fingerprint density at radius 3 is 2.20 bits per heavy atom. The number of nitrogens with one attached hydrogen (secondary N) is 1. The Morgan fingerprint density at radius 2 is 2.20 bits per heavy atom. The molecule has 31 valence electrons. The van der Waals surface area contributed by atoms with Crippen molar-refractivity contribution in [3.8, 4) is 0 Å². The van der Waals surface area contributed by atoms with Crippen molar-refractivity contribution >= 4 is 0 Å². The Hall–Kier alpha value is -0.0800. The second-order valence-corrected chi connectivity index (χ2v) is 0.993. The first kappa shape index (κ1) is 4.92. The van der Waals surface area contributed by atoms with Crippen molar-refractivity contribution in [1.82, 2.24) is 5.32 Å². The van der Waals surface area contributed by atoms with Crippen LogP contribution in [0.2, 0.25) is 0 Å². The molecule has 0 aliphatic rings. The molecule has 5 heavy (non-hydrogen) atoms. The lowest BCUT2D eigenvalue weighted by Crippen LogP contribution is -2.28. The van der Waals surface area contributed by atoms with Crippen molar-refractivity contribution in [3.63, 3.8) is 0 Å². The summed E-state index contributed by atoms with van der Waals surface area (Å²) in [5, 5.41) is 2.56. The highest BCUT2D eigenvalue weighted by atomic mass is 15.0. The number of hydrogen-bond acceptors (Lipinski definition) is 2. The van der Waals surface area contributed by atoms with E-state index in [1.165, 1.54) is 0 Å². The van der Waals surface area contributed by atoms with E-state index in [9.17, 15) is 0 Å². The van der Waals surface area contributed by atoms with Gasteiger partial charge in [-0.3, -0.25) is 0 Å². The summed E-state index contributed by atoms with van der Waals surface area (Å²) < 4.78 is 0. The van der Waals surface area contributed by atoms with Gasteiger partial charge in [0, 0.05) is 7.05 Å². The van der Waals surface area contributed by atoms with Gasteiger partial charge in [0.2, 0.25) is 0 Å². The van der Waals surface area contributed by atoms with Crippen LogP contribution in [0.1, 0.15) is 6.92 Å². The SMILES string of the molecule is [CH2]NC(C)N. The second kappa shape index (κ2) is 2.18. The van der Waals surface area contributed by atoms with Gasteiger partial charge in [-0.25, -0.2) is 0 Å². The van der Waals surface area contributed by atoms with Crippen LogP contribution < -0.4 is 11.1 Å². The zero-order valence-electron chi connectivity index (χ0n) is 3.36. The van der Waals surface area contributed by atoms with Gasteiger partial charge < -0.3 is 11.1 Å². The maximum atomic E-state index is 5.12. The highest BCUT2D eigenvalue weighted by molar-refractivity contribution is 4.43. The molecule has 0 saturated heterocycles. The van der Waals surface area contributed by atoms with E-state index in [0.29, 0.717) is 0 Å². The van der Waals surface area contributed by atoms with Crippen LogP contribution in [0.25, 0.3) is 0 Å². The quantitative estimate of drug-likeness (QED) is 0.417. The molecule has 0 amide bonds. The average molecular weight is 73.1 g/mol. The van der Waals surface area contributed by atoms with E-state index < -0.39 is 0 Å². The van der Waals surface area contributed by atoms with E-state index >= 15 is 0 Å². The molecule has 2 nitrogen and oxygen atoms in total. The van der Waals surface area contributed by atoms with E-state index in [1.807, 2.05) is 6.92 Å². The Balaban J connectivity index is 2.54. The molecule has 1 atom stereocenters. The largest absolute Gasteiger partial charge is 0.316 e. The molecule has 0 rings (SSSR count). The third kappa shape index (κ3) is 3.92. The molecular formula is C3H9N2. The molecule has 2 heteroatoms. The summed E-state index contributed by atoms with van der Waals surface area (Å²) in [7, 11) is 3.31. The van der Waals surface area contributed by atoms with Gasteiger partial charge in [-0.15, -0.1) is 0 Å². The van der Waals surface area contributed by atoms with Crippen LogP contribution in [0.5, 0.6) is 0 Å². The minimum atomic E-state index is 0.0231. The maximum absolute atomic E-state index is 5.12. The molecule has 0 heterocycles. The van der Waals surface area contributed by atoms with Gasteiger partial charge in [0.05, 0.1) is 6.17 Å². The molecule has 0 aromatic heterocycles. The number of nitrogens with two attached hydrogens (primary N) is 1. The third-order valence-corrected chi connectivity index (χ3v) is 0.322. The number of hydrogen-bond donors (Lipinski definition) is 2. The molecule has 0 saturated carbocycles. The Morgan fingerprint density at radius 1 is 2.00 bits per heavy atom. The highest BCUT2D eigenvalue weighted by Crippen LogP contribution is 1.54. The van der Waals surface area contributed by atoms with Crippen LogP contribution in [0.4, 0.5) is 0 Å². The summed E-state index contributed by atoms with van der Waals surface area (Å²) in [6.45, 7) is 1.83. The summed E-state index contributed by atoms with van der Waals surface area (Å²) in [5.74, 6) is 0. The lowest BCUT2D eigenvalue weighted by atomic mass is 10.6. The molecule has 0 bridgehead atoms. The number of rotatable bonds is 1. The van der Waals surface area contributed by atoms with Gasteiger partial charge in [-0.1, -0.05) is 0 Å². The molecule has 0 fully saturated rings. The van der Waals surface area contributed by atoms with E-state index in [0.717, 1.165) is 0 Å². The first-order chi connectivity index (χ1) is 2.27. The van der Waals surface area contributed by atoms with Gasteiger partial charge in [0.15, 0.2) is 0 Å². The van der Waals surface area contributed by atoms with E-state index in [-0.39, 0.29) is 6.17 Å². The van der Waals surface area contributed by atoms with Crippen molar-refractivity contribution in [2.45, 2.75) is 13.1 Å². The summed E-state index contributed by atoms with van der Waals surface area (Å²) in [4.78, 5) is 0. The van der Waals surface area contributed by atoms with Crippen molar-refractivity contribution in [3.05, 3.63) is 7.05 Å². The van der Waals surface area contributed by atoms with Gasteiger partial charge >= 0.3 is 0 Å². The molecule has 0 aromatic rings. The third-order valence-electron chi connectivity index (χ3n) is 0.322. The van der Waals surface area contributed by atoms with Gasteiger partial charge in [-0.05, 0) is 6.92 Å². The maximum Gasteiger partial charge on any atom is 0.0517 e. The topological polar surface area (TPSA) is 38.0 Å². The van der Waals surface area contributed by atoms with E-state index in [1.54, 1.807) is 0 Å². The predicted molar refractivity (Wildman–Crippen MR) is 22.1 cm³/mol. The molecular weight excluding hydrogens is 64.0 g/mol. The molecule has 0 aliphatic heterocycles. The zero-order valence-corrected chi connectivity index (χ0v) is 3.36. The normalized spacial score (nSPS) is 15.0. The van der Waals surface area contributed by atoms with Crippen LogP contribution in [0.15, 0.2) is 0 Å². The fourth-order valence-electron chi connectivity index (χ4n) is 0. The van der Waals surface area contributed by atoms with Crippen molar-refractivity contribution in [2.24, 2.45) is 5.73 Å². The minimum Gasteiger partial charge on any atom is -0.316 e. The molecule has 1 unspecified atom stereocenters. The zero-order chi connectivity index (χ0) is 4.28. The molecule has 1 radical (unpaired) electrons. The molecule has 0 aliphatic carbocycles. The summed E-state index contributed by atoms with van der Waals surface area (Å²) in [5.41, 5.74) is 5.12. The van der Waals surface area contributed by atoms with E-state index in [2.05, 4.69) is 12.4 Å². The summed E-state index contributed by atoms with van der Waals surface area (Å²) >= 11 is 0. The first-order valence-corrected chi connectivity index (χ1v) is 1.55. The van der Waals surface area contributed by atoms with Crippen LogP contribution in [0, 0.1) is 7.05 Å². The van der Waals surface area contributed by atoms with Crippen molar-refractivity contribution in [2.75, 3.05) is 0 Å². The fraction of sp³-hybridized carbons (Fsp3) is 0.667. The monoisotopic (exact) mass is 73.1 g/mol. The van der Waals surface area contributed by atoms with Crippen LogP contribution in [-0.4, -0.2) is 6.17 Å². The van der Waals surface area contributed by atoms with Gasteiger partial charge in [-0.2, -0.15) is 0 Å². The molecule has 0 aromatic carbocycles. The molecule has 3 N–H and O–H groups in total. The smallest absolute Gasteiger partial charge is 0.0517 e. The lowest BCUT2D eigenvalue weighted by molar-refractivity contribution is 0.667. The standard InChI is InChI=1S/C3H9N2/c1-3(4)5-2/h3,5H,2,4H2,1H3. The van der Waals surface area contributed by atoms with Crippen LogP contribution in [0.3, 0.4) is 0 Å². The summed E-state index contributed by atoms with van der Waals surface area (Å²) in [6, 6.07) is 0. The van der Waals surface area contributed by atoms with Crippen molar-refractivity contribution < 1.29 is 0 Å². The Labute approximate surface area is 32.4 Å². The lowest BCUT2D eigenvalue weighted by Gasteiger charge is -1.95. The Kier molecular flexibility index (Phi) is 2.14. The average Bonchev–Trinajstić information content (AvgIpc) is 1.38. The van der Waals surface area contributed by atoms with Crippen LogP contribution in [-0.2, 0) is 0 Å². The van der Waals surface area contributed by atoms with Gasteiger partial charge in [0.1, 0.15) is 0 Å². The van der Waals surface area contributed by atoms with Crippen LogP contribution >= 0.6 is 0 Å². The fourth-order valence-corrected chi connectivity index (χ4v) is 0. The highest BCUT2D eigenvalue weighted by Gasteiger charge is 1.76. The van der Waals surface area contributed by atoms with Gasteiger partial charge in [0.25, 0.3) is 0 Å². The summed E-state index contributed by atoms with van der Waals surface area (Å²) in [6.07, 6.45) is 0.0231. The molecule has 0 spiro atoms. The second-order valence-electron chi connectivity index (χ2n) is 0.993. The van der Waals surface area contributed by atoms with E-state index in [4.69, 9.17) is 5.73 Å². The first-order valence-electron chi connectivity index (χ1n) is 1.55. The predicted octanol–water partition coefficient (Wildman–Crippen LogP) is -0.328. The van der Waals surface area contributed by atoms with Crippen molar-refractivity contribution in [1.29, 1.82) is 0 Å². The minimum absolute atomic E-state index is 0.0231. The Bertz CT molecular complexity index is 18.9.